The highest BCUT2D eigenvalue weighted by atomic mass is 16.3. The fourth-order valence-electron chi connectivity index (χ4n) is 4.56. The summed E-state index contributed by atoms with van der Waals surface area (Å²) in [6.07, 6.45) is 0. The molecule has 2 heterocycles. The number of fused-ring (bicyclic) bond motifs is 6. The second-order valence-corrected chi connectivity index (χ2v) is 8.50. The molecule has 0 bridgehead atoms. The van der Waals surface area contributed by atoms with E-state index in [-0.39, 0.29) is 5.92 Å². The van der Waals surface area contributed by atoms with Crippen molar-refractivity contribution >= 4 is 43.6 Å². The summed E-state index contributed by atoms with van der Waals surface area (Å²) in [6.45, 7) is 6.44. The molecule has 31 heavy (non-hydrogen) atoms. The normalized spacial score (nSPS) is 12.0. The minimum Gasteiger partial charge on any atom is -0.455 e. The van der Waals surface area contributed by atoms with E-state index >= 15 is 0 Å². The van der Waals surface area contributed by atoms with Gasteiger partial charge in [-0.3, -0.25) is 0 Å². The van der Waals surface area contributed by atoms with E-state index < -0.39 is 0 Å². The molecule has 0 N–H and O–H groups in total. The molecule has 0 atom stereocenters. The average Bonchev–Trinajstić information content (AvgIpc) is 3.17. The summed E-state index contributed by atoms with van der Waals surface area (Å²) in [5.74, 6) is 1.07. The number of aryl methyl sites for hydroxylation is 1. The van der Waals surface area contributed by atoms with Gasteiger partial charge in [-0.05, 0) is 36.1 Å². The number of benzene rings is 4. The third-order valence-electron chi connectivity index (χ3n) is 6.11. The van der Waals surface area contributed by atoms with E-state index in [1.165, 1.54) is 16.3 Å². The number of hydrogen-bond donors (Lipinski definition) is 0. The van der Waals surface area contributed by atoms with Crippen molar-refractivity contribution in [2.75, 3.05) is 0 Å². The van der Waals surface area contributed by atoms with E-state index in [0.29, 0.717) is 0 Å². The molecule has 0 saturated heterocycles. The van der Waals surface area contributed by atoms with Crippen LogP contribution < -0.4 is 0 Å². The predicted molar refractivity (Wildman–Crippen MR) is 129 cm³/mol. The molecule has 150 valence electrons. The smallest absolute Gasteiger partial charge is 0.144 e. The molecule has 6 rings (SSSR count). The highest BCUT2D eigenvalue weighted by Gasteiger charge is 2.19. The molecule has 6 aromatic rings. The number of aromatic nitrogens is 2. The highest BCUT2D eigenvalue weighted by molar-refractivity contribution is 6.14. The predicted octanol–water partition coefficient (Wildman–Crippen LogP) is 7.78. The Balaban J connectivity index is 1.79. The largest absolute Gasteiger partial charge is 0.455 e. The van der Waals surface area contributed by atoms with E-state index in [1.807, 2.05) is 12.1 Å². The van der Waals surface area contributed by atoms with Crippen LogP contribution in [0.4, 0.5) is 0 Å². The summed E-state index contributed by atoms with van der Waals surface area (Å²) >= 11 is 0. The molecule has 0 unspecified atom stereocenters. The first-order valence-electron chi connectivity index (χ1n) is 10.7. The van der Waals surface area contributed by atoms with Crippen LogP contribution >= 0.6 is 0 Å². The first-order valence-corrected chi connectivity index (χ1v) is 10.7. The van der Waals surface area contributed by atoms with Gasteiger partial charge in [0.1, 0.15) is 17.0 Å². The van der Waals surface area contributed by atoms with Crippen LogP contribution in [-0.4, -0.2) is 9.97 Å². The van der Waals surface area contributed by atoms with E-state index in [9.17, 15) is 0 Å². The fourth-order valence-corrected chi connectivity index (χ4v) is 4.56. The van der Waals surface area contributed by atoms with Crippen molar-refractivity contribution in [1.82, 2.24) is 9.97 Å². The molecule has 3 nitrogen and oxygen atoms in total. The summed E-state index contributed by atoms with van der Waals surface area (Å²) in [5, 5.41) is 5.70. The van der Waals surface area contributed by atoms with Crippen LogP contribution in [-0.2, 0) is 0 Å². The van der Waals surface area contributed by atoms with Crippen LogP contribution in [0, 0.1) is 6.92 Å². The maximum absolute atomic E-state index is 6.34. The molecule has 4 aromatic carbocycles. The molecule has 0 aliphatic rings. The molecule has 0 amide bonds. The van der Waals surface area contributed by atoms with Gasteiger partial charge in [0.15, 0.2) is 0 Å². The molecule has 0 saturated carbocycles. The van der Waals surface area contributed by atoms with Crippen LogP contribution in [0.2, 0.25) is 0 Å². The van der Waals surface area contributed by atoms with Gasteiger partial charge in [0.05, 0.1) is 11.2 Å². The molecule has 0 aliphatic carbocycles. The fraction of sp³-hybridized carbons (Fsp3) is 0.143. The third kappa shape index (κ3) is 2.66. The third-order valence-corrected chi connectivity index (χ3v) is 6.11. The van der Waals surface area contributed by atoms with Gasteiger partial charge >= 0.3 is 0 Å². The van der Waals surface area contributed by atoms with Crippen molar-refractivity contribution < 1.29 is 4.42 Å². The van der Waals surface area contributed by atoms with Crippen molar-refractivity contribution in [3.63, 3.8) is 0 Å². The van der Waals surface area contributed by atoms with E-state index in [0.717, 1.165) is 49.9 Å². The van der Waals surface area contributed by atoms with Gasteiger partial charge in [-0.25, -0.2) is 9.97 Å². The van der Waals surface area contributed by atoms with Gasteiger partial charge in [-0.15, -0.1) is 0 Å². The standard InChI is InChI=1S/C28H22N2O/c1-16(2)28-29-25(21-15-14-18-9-6-8-17(3)24(18)26(21)30-28)22-12-7-11-20-19-10-4-5-13-23(19)31-27(20)22/h4-16H,1-3H3. The Kier molecular flexibility index (Phi) is 3.87. The molecule has 0 radical (unpaired) electrons. The maximum Gasteiger partial charge on any atom is 0.144 e. The molecule has 2 aromatic heterocycles. The SMILES string of the molecule is Cc1cccc2ccc3c(-c4cccc5c4oc4ccccc45)nc(C(C)C)nc3c12. The number of para-hydroxylation sites is 2. The number of rotatable bonds is 2. The maximum atomic E-state index is 6.34. The second kappa shape index (κ2) is 6.64. The Bertz CT molecular complexity index is 1630. The number of nitrogens with zero attached hydrogens (tertiary/aromatic N) is 2. The summed E-state index contributed by atoms with van der Waals surface area (Å²) in [5.41, 5.74) is 5.96. The van der Waals surface area contributed by atoms with Crippen LogP contribution in [0.1, 0.15) is 31.2 Å². The Hall–Kier alpha value is -3.72. The van der Waals surface area contributed by atoms with Gasteiger partial charge < -0.3 is 4.42 Å². The van der Waals surface area contributed by atoms with Gasteiger partial charge in [-0.2, -0.15) is 0 Å². The lowest BCUT2D eigenvalue weighted by Gasteiger charge is -2.14. The van der Waals surface area contributed by atoms with Crippen molar-refractivity contribution in [1.29, 1.82) is 0 Å². The molecule has 3 heteroatoms. The summed E-state index contributed by atoms with van der Waals surface area (Å²) in [6, 6.07) is 25.2. The van der Waals surface area contributed by atoms with Gasteiger partial charge in [-0.1, -0.05) is 68.4 Å². The average molecular weight is 402 g/mol. The Labute approximate surface area is 180 Å². The number of furan rings is 1. The van der Waals surface area contributed by atoms with Crippen LogP contribution in [0.15, 0.2) is 77.2 Å². The van der Waals surface area contributed by atoms with E-state index in [1.54, 1.807) is 0 Å². The zero-order valence-electron chi connectivity index (χ0n) is 17.8. The number of hydrogen-bond acceptors (Lipinski definition) is 3. The van der Waals surface area contributed by atoms with Gasteiger partial charge in [0.25, 0.3) is 0 Å². The van der Waals surface area contributed by atoms with Crippen molar-refractivity contribution in [3.05, 3.63) is 84.2 Å². The molecule has 0 aliphatic heterocycles. The van der Waals surface area contributed by atoms with Gasteiger partial charge in [0, 0.05) is 33.0 Å². The lowest BCUT2D eigenvalue weighted by molar-refractivity contribution is 0.669. The molecular weight excluding hydrogens is 380 g/mol. The first kappa shape index (κ1) is 18.1. The Morgan fingerprint density at radius 3 is 2.42 bits per heavy atom. The summed E-state index contributed by atoms with van der Waals surface area (Å²) in [7, 11) is 0. The lowest BCUT2D eigenvalue weighted by Crippen LogP contribution is -2.01. The Morgan fingerprint density at radius 1 is 0.742 bits per heavy atom. The zero-order chi connectivity index (χ0) is 21.1. The minimum atomic E-state index is 0.220. The van der Waals surface area contributed by atoms with Crippen molar-refractivity contribution in [2.45, 2.75) is 26.7 Å². The van der Waals surface area contributed by atoms with Crippen LogP contribution in [0.3, 0.4) is 0 Å². The monoisotopic (exact) mass is 402 g/mol. The Morgan fingerprint density at radius 2 is 1.55 bits per heavy atom. The highest BCUT2D eigenvalue weighted by Crippen LogP contribution is 2.39. The second-order valence-electron chi connectivity index (χ2n) is 8.50. The minimum absolute atomic E-state index is 0.220. The van der Waals surface area contributed by atoms with Crippen LogP contribution in [0.25, 0.3) is 54.9 Å². The summed E-state index contributed by atoms with van der Waals surface area (Å²) in [4.78, 5) is 10.1. The van der Waals surface area contributed by atoms with E-state index in [4.69, 9.17) is 14.4 Å². The first-order chi connectivity index (χ1) is 15.1. The van der Waals surface area contributed by atoms with E-state index in [2.05, 4.69) is 81.4 Å². The zero-order valence-corrected chi connectivity index (χ0v) is 17.8. The van der Waals surface area contributed by atoms with Gasteiger partial charge in [0.2, 0.25) is 0 Å². The van der Waals surface area contributed by atoms with Crippen LogP contribution in [0.5, 0.6) is 0 Å². The molecule has 0 spiro atoms. The lowest BCUT2D eigenvalue weighted by atomic mass is 9.97. The molecule has 0 fully saturated rings. The molecular formula is C28H22N2O. The summed E-state index contributed by atoms with van der Waals surface area (Å²) < 4.78 is 6.34. The van der Waals surface area contributed by atoms with Crippen molar-refractivity contribution in [2.24, 2.45) is 0 Å². The quantitative estimate of drug-likeness (QED) is 0.278. The van der Waals surface area contributed by atoms with Crippen molar-refractivity contribution in [3.8, 4) is 11.3 Å². The topological polar surface area (TPSA) is 38.9 Å².